The summed E-state index contributed by atoms with van der Waals surface area (Å²) in [5, 5.41) is 26.0. The van der Waals surface area contributed by atoms with Gasteiger partial charge in [0.2, 0.25) is 0 Å². The number of anilines is 1. The lowest BCUT2D eigenvalue weighted by Gasteiger charge is -2.11. The number of aromatic hydroxyl groups is 2. The van der Waals surface area contributed by atoms with Crippen LogP contribution in [0.2, 0.25) is 0 Å². The number of phenols is 2. The minimum absolute atomic E-state index is 0.0248. The van der Waals surface area contributed by atoms with E-state index in [9.17, 15) is 10.2 Å². The van der Waals surface area contributed by atoms with E-state index >= 15 is 0 Å². The molecule has 0 aromatic heterocycles. The van der Waals surface area contributed by atoms with Crippen LogP contribution in [0.15, 0.2) is 41.5 Å². The summed E-state index contributed by atoms with van der Waals surface area (Å²) in [5.74, 6) is 1.08. The molecule has 0 aliphatic heterocycles. The van der Waals surface area contributed by atoms with Crippen LogP contribution in [0.5, 0.6) is 23.0 Å². The summed E-state index contributed by atoms with van der Waals surface area (Å²) in [6.07, 6.45) is 1.39. The number of phenolic OH excluding ortho intramolecular Hbond substituents is 2. The fourth-order valence-electron chi connectivity index (χ4n) is 1.87. The van der Waals surface area contributed by atoms with Gasteiger partial charge in [0.1, 0.15) is 11.5 Å². The van der Waals surface area contributed by atoms with E-state index < -0.39 is 0 Å². The molecule has 0 unspecified atom stereocenters. The number of rotatable bonds is 5. The third kappa shape index (κ3) is 4.50. The molecule has 126 valence electrons. The number of ether oxygens (including phenoxy) is 2. The Labute approximate surface area is 144 Å². The second-order valence-corrected chi connectivity index (χ2v) is 5.05. The van der Waals surface area contributed by atoms with Crippen LogP contribution in [0.3, 0.4) is 0 Å². The zero-order valence-corrected chi connectivity index (χ0v) is 13.9. The quantitative estimate of drug-likeness (QED) is 0.375. The van der Waals surface area contributed by atoms with Gasteiger partial charge in [0.15, 0.2) is 16.6 Å². The summed E-state index contributed by atoms with van der Waals surface area (Å²) >= 11 is 5.14. The number of hydrazone groups is 1. The van der Waals surface area contributed by atoms with E-state index in [2.05, 4.69) is 15.8 Å². The van der Waals surface area contributed by atoms with Crippen LogP contribution in [0.1, 0.15) is 5.56 Å². The van der Waals surface area contributed by atoms with Crippen LogP contribution < -0.4 is 20.2 Å². The van der Waals surface area contributed by atoms with Crippen LogP contribution in [-0.4, -0.2) is 35.8 Å². The van der Waals surface area contributed by atoms with E-state index in [1.165, 1.54) is 24.4 Å². The van der Waals surface area contributed by atoms with E-state index in [1.54, 1.807) is 32.4 Å². The summed E-state index contributed by atoms with van der Waals surface area (Å²) in [5.41, 5.74) is 3.77. The topological polar surface area (TPSA) is 95.3 Å². The molecule has 0 saturated heterocycles. The van der Waals surface area contributed by atoms with Gasteiger partial charge >= 0.3 is 0 Å². The molecule has 0 atom stereocenters. The molecular formula is C16H17N3O4S. The summed E-state index contributed by atoms with van der Waals surface area (Å²) < 4.78 is 10.4. The Balaban J connectivity index is 1.97. The zero-order valence-electron chi connectivity index (χ0n) is 13.1. The van der Waals surface area contributed by atoms with Gasteiger partial charge < -0.3 is 25.0 Å². The van der Waals surface area contributed by atoms with Crippen LogP contribution in [0, 0.1) is 0 Å². The summed E-state index contributed by atoms with van der Waals surface area (Å²) in [4.78, 5) is 0. The highest BCUT2D eigenvalue weighted by molar-refractivity contribution is 7.80. The molecule has 0 radical (unpaired) electrons. The maximum Gasteiger partial charge on any atom is 0.191 e. The maximum absolute atomic E-state index is 9.65. The third-order valence-electron chi connectivity index (χ3n) is 3.03. The van der Waals surface area contributed by atoms with Crippen molar-refractivity contribution in [3.8, 4) is 23.0 Å². The van der Waals surface area contributed by atoms with Crippen molar-refractivity contribution in [3.05, 3.63) is 42.0 Å². The lowest BCUT2D eigenvalue weighted by molar-refractivity contribution is 0.355. The number of hydrogen-bond donors (Lipinski definition) is 4. The molecule has 7 nitrogen and oxygen atoms in total. The van der Waals surface area contributed by atoms with Crippen LogP contribution >= 0.6 is 12.2 Å². The van der Waals surface area contributed by atoms with E-state index in [0.717, 1.165) is 0 Å². The SMILES string of the molecule is COc1ccc(NC(=S)NN=Cc2ccc(O)cc2O)cc1OC. The number of methoxy groups -OCH3 is 2. The van der Waals surface area contributed by atoms with Gasteiger partial charge in [-0.15, -0.1) is 0 Å². The Bertz CT molecular complexity index is 765. The number of nitrogens with zero attached hydrogens (tertiary/aromatic N) is 1. The smallest absolute Gasteiger partial charge is 0.191 e. The Morgan fingerprint density at radius 3 is 2.50 bits per heavy atom. The van der Waals surface area contributed by atoms with Crippen molar-refractivity contribution in [1.82, 2.24) is 5.43 Å². The molecule has 0 spiro atoms. The van der Waals surface area contributed by atoms with Crippen LogP contribution in [0.4, 0.5) is 5.69 Å². The summed E-state index contributed by atoms with van der Waals surface area (Å²) in [6.45, 7) is 0. The molecule has 2 rings (SSSR count). The Morgan fingerprint density at radius 1 is 1.08 bits per heavy atom. The Hall–Kier alpha value is -3.00. The first-order valence-corrected chi connectivity index (χ1v) is 7.28. The van der Waals surface area contributed by atoms with Crippen molar-refractivity contribution >= 4 is 29.2 Å². The van der Waals surface area contributed by atoms with Gasteiger partial charge in [0.05, 0.1) is 20.4 Å². The van der Waals surface area contributed by atoms with Crippen molar-refractivity contribution in [2.24, 2.45) is 5.10 Å². The van der Waals surface area contributed by atoms with Gasteiger partial charge in [0, 0.05) is 23.4 Å². The first-order chi connectivity index (χ1) is 11.5. The normalized spacial score (nSPS) is 10.4. The first-order valence-electron chi connectivity index (χ1n) is 6.87. The average Bonchev–Trinajstić information content (AvgIpc) is 2.56. The summed E-state index contributed by atoms with van der Waals surface area (Å²) in [7, 11) is 3.11. The largest absolute Gasteiger partial charge is 0.508 e. The van der Waals surface area contributed by atoms with Crippen molar-refractivity contribution < 1.29 is 19.7 Å². The second-order valence-electron chi connectivity index (χ2n) is 4.64. The molecule has 0 amide bonds. The number of hydrogen-bond acceptors (Lipinski definition) is 6. The Morgan fingerprint density at radius 2 is 1.83 bits per heavy atom. The van der Waals surface area contributed by atoms with Gasteiger partial charge in [-0.1, -0.05) is 0 Å². The molecule has 0 bridgehead atoms. The zero-order chi connectivity index (χ0) is 17.5. The highest BCUT2D eigenvalue weighted by Crippen LogP contribution is 2.29. The highest BCUT2D eigenvalue weighted by atomic mass is 32.1. The molecule has 0 aliphatic carbocycles. The molecule has 2 aromatic rings. The van der Waals surface area contributed by atoms with E-state index in [0.29, 0.717) is 22.7 Å². The fraction of sp³-hybridized carbons (Fsp3) is 0.125. The molecule has 0 saturated carbocycles. The molecule has 8 heteroatoms. The monoisotopic (exact) mass is 347 g/mol. The molecule has 0 aliphatic rings. The lowest BCUT2D eigenvalue weighted by Crippen LogP contribution is -2.23. The van der Waals surface area contributed by atoms with Gasteiger partial charge in [0.25, 0.3) is 0 Å². The number of nitrogens with one attached hydrogen (secondary N) is 2. The molecular weight excluding hydrogens is 330 g/mol. The third-order valence-corrected chi connectivity index (χ3v) is 3.22. The average molecular weight is 347 g/mol. The Kier molecular flexibility index (Phi) is 5.80. The predicted octanol–water partition coefficient (Wildman–Crippen LogP) is 2.44. The standard InChI is InChI=1S/C16H17N3O4S/c1-22-14-6-4-11(7-15(14)23-2)18-16(24)19-17-9-10-3-5-12(20)8-13(10)21/h3-9,20-21H,1-2H3,(H2,18,19,24). The minimum Gasteiger partial charge on any atom is -0.508 e. The number of thiocarbonyl (C=S) groups is 1. The van der Waals surface area contributed by atoms with Crippen molar-refractivity contribution in [2.45, 2.75) is 0 Å². The van der Waals surface area contributed by atoms with Gasteiger partial charge in [-0.05, 0) is 36.5 Å². The molecule has 0 heterocycles. The molecule has 4 N–H and O–H groups in total. The van der Waals surface area contributed by atoms with Gasteiger partial charge in [-0.3, -0.25) is 5.43 Å². The lowest BCUT2D eigenvalue weighted by atomic mass is 10.2. The van der Waals surface area contributed by atoms with E-state index in [1.807, 2.05) is 0 Å². The van der Waals surface area contributed by atoms with Crippen molar-refractivity contribution in [2.75, 3.05) is 19.5 Å². The molecule has 24 heavy (non-hydrogen) atoms. The first kappa shape index (κ1) is 17.4. The van der Waals surface area contributed by atoms with Crippen molar-refractivity contribution in [3.63, 3.8) is 0 Å². The number of benzene rings is 2. The van der Waals surface area contributed by atoms with E-state index in [-0.39, 0.29) is 16.6 Å². The van der Waals surface area contributed by atoms with Crippen LogP contribution in [0.25, 0.3) is 0 Å². The maximum atomic E-state index is 9.65. The van der Waals surface area contributed by atoms with Gasteiger partial charge in [-0.2, -0.15) is 5.10 Å². The summed E-state index contributed by atoms with van der Waals surface area (Å²) in [6, 6.07) is 9.47. The minimum atomic E-state index is -0.0840. The second kappa shape index (κ2) is 8.02. The van der Waals surface area contributed by atoms with Crippen molar-refractivity contribution in [1.29, 1.82) is 0 Å². The van der Waals surface area contributed by atoms with E-state index in [4.69, 9.17) is 21.7 Å². The van der Waals surface area contributed by atoms with Gasteiger partial charge in [-0.25, -0.2) is 0 Å². The van der Waals surface area contributed by atoms with Crippen LogP contribution in [-0.2, 0) is 0 Å². The fourth-order valence-corrected chi connectivity index (χ4v) is 2.05. The molecule has 0 fully saturated rings. The highest BCUT2D eigenvalue weighted by Gasteiger charge is 2.05. The predicted molar refractivity (Wildman–Crippen MR) is 96.3 cm³/mol. The molecule has 2 aromatic carbocycles.